The van der Waals surface area contributed by atoms with Crippen LogP contribution in [0, 0.1) is 0 Å². The van der Waals surface area contributed by atoms with Gasteiger partial charge in [0.25, 0.3) is 0 Å². The van der Waals surface area contributed by atoms with Gasteiger partial charge in [0.2, 0.25) is 0 Å². The van der Waals surface area contributed by atoms with Crippen LogP contribution in [-0.2, 0) is 0 Å². The minimum Gasteiger partial charge on any atom is -0.339 e. The van der Waals surface area contributed by atoms with Gasteiger partial charge in [-0.1, -0.05) is 19.8 Å². The van der Waals surface area contributed by atoms with Gasteiger partial charge in [-0.2, -0.15) is 0 Å². The largest absolute Gasteiger partial charge is 0.339 e. The molecule has 0 bridgehead atoms. The van der Waals surface area contributed by atoms with Crippen LogP contribution in [0.4, 0.5) is 0 Å². The van der Waals surface area contributed by atoms with Crippen LogP contribution in [0.1, 0.15) is 32.4 Å². The SMILES string of the molecule is CCCCC(N)n1cccc1. The molecule has 0 saturated heterocycles. The first-order valence-electron chi connectivity index (χ1n) is 4.22. The first kappa shape index (κ1) is 8.34. The fourth-order valence-corrected chi connectivity index (χ4v) is 1.13. The van der Waals surface area contributed by atoms with Gasteiger partial charge in [0.1, 0.15) is 0 Å². The molecule has 1 unspecified atom stereocenters. The number of unbranched alkanes of at least 4 members (excludes halogenated alkanes) is 1. The van der Waals surface area contributed by atoms with Crippen molar-refractivity contribution in [3.63, 3.8) is 0 Å². The van der Waals surface area contributed by atoms with Crippen molar-refractivity contribution in [3.05, 3.63) is 24.5 Å². The van der Waals surface area contributed by atoms with Crippen molar-refractivity contribution in [3.8, 4) is 0 Å². The average Bonchev–Trinajstić information content (AvgIpc) is 2.52. The van der Waals surface area contributed by atoms with E-state index in [4.69, 9.17) is 5.73 Å². The molecule has 2 heteroatoms. The predicted molar refractivity (Wildman–Crippen MR) is 47.2 cm³/mol. The summed E-state index contributed by atoms with van der Waals surface area (Å²) in [5.41, 5.74) is 5.89. The summed E-state index contributed by atoms with van der Waals surface area (Å²) in [5.74, 6) is 0. The van der Waals surface area contributed by atoms with Crippen molar-refractivity contribution in [1.29, 1.82) is 0 Å². The molecule has 0 aliphatic carbocycles. The second kappa shape index (κ2) is 4.19. The van der Waals surface area contributed by atoms with E-state index in [9.17, 15) is 0 Å². The van der Waals surface area contributed by atoms with E-state index < -0.39 is 0 Å². The highest BCUT2D eigenvalue weighted by Crippen LogP contribution is 2.08. The highest BCUT2D eigenvalue weighted by Gasteiger charge is 2.00. The summed E-state index contributed by atoms with van der Waals surface area (Å²) in [6.45, 7) is 2.18. The van der Waals surface area contributed by atoms with Gasteiger partial charge < -0.3 is 10.3 Å². The number of nitrogens with zero attached hydrogens (tertiary/aromatic N) is 1. The van der Waals surface area contributed by atoms with E-state index in [0.717, 1.165) is 6.42 Å². The molecule has 1 heterocycles. The quantitative estimate of drug-likeness (QED) is 0.704. The van der Waals surface area contributed by atoms with Crippen LogP contribution in [0.3, 0.4) is 0 Å². The standard InChI is InChI=1S/C9H16N2/c1-2-3-6-9(10)11-7-4-5-8-11/h4-5,7-9H,2-3,6,10H2,1H3. The number of hydrogen-bond donors (Lipinski definition) is 1. The lowest BCUT2D eigenvalue weighted by atomic mass is 10.2. The second-order valence-corrected chi connectivity index (χ2v) is 2.84. The Morgan fingerprint density at radius 1 is 1.36 bits per heavy atom. The second-order valence-electron chi connectivity index (χ2n) is 2.84. The molecule has 0 spiro atoms. The maximum Gasteiger partial charge on any atom is 0.0808 e. The smallest absolute Gasteiger partial charge is 0.0808 e. The minimum atomic E-state index is 0.171. The van der Waals surface area contributed by atoms with Crippen LogP contribution in [0.25, 0.3) is 0 Å². The maximum absolute atomic E-state index is 5.89. The Morgan fingerprint density at radius 2 is 2.00 bits per heavy atom. The third kappa shape index (κ3) is 2.39. The Hall–Kier alpha value is -0.760. The monoisotopic (exact) mass is 152 g/mol. The van der Waals surface area contributed by atoms with Gasteiger partial charge in [-0.05, 0) is 18.6 Å². The van der Waals surface area contributed by atoms with Crippen molar-refractivity contribution in [2.24, 2.45) is 5.73 Å². The Morgan fingerprint density at radius 3 is 2.55 bits per heavy atom. The highest BCUT2D eigenvalue weighted by atomic mass is 15.1. The molecule has 1 aromatic heterocycles. The van der Waals surface area contributed by atoms with E-state index in [0.29, 0.717) is 0 Å². The van der Waals surface area contributed by atoms with Crippen LogP contribution < -0.4 is 5.73 Å². The molecular formula is C9H16N2. The maximum atomic E-state index is 5.89. The molecule has 0 saturated carbocycles. The topological polar surface area (TPSA) is 30.9 Å². The Labute approximate surface area is 68.0 Å². The number of aromatic nitrogens is 1. The minimum absolute atomic E-state index is 0.171. The normalized spacial score (nSPS) is 13.3. The zero-order valence-corrected chi connectivity index (χ0v) is 7.03. The van der Waals surface area contributed by atoms with Crippen molar-refractivity contribution >= 4 is 0 Å². The van der Waals surface area contributed by atoms with E-state index in [1.54, 1.807) is 0 Å². The average molecular weight is 152 g/mol. The number of rotatable bonds is 4. The molecule has 0 fully saturated rings. The van der Waals surface area contributed by atoms with Crippen molar-refractivity contribution in [2.45, 2.75) is 32.4 Å². The Balaban J connectivity index is 2.36. The first-order valence-corrected chi connectivity index (χ1v) is 4.22. The first-order chi connectivity index (χ1) is 5.34. The van der Waals surface area contributed by atoms with E-state index in [1.807, 2.05) is 24.5 Å². The van der Waals surface area contributed by atoms with Crippen LogP contribution in [-0.4, -0.2) is 4.57 Å². The van der Waals surface area contributed by atoms with Gasteiger partial charge in [-0.25, -0.2) is 0 Å². The third-order valence-corrected chi connectivity index (χ3v) is 1.86. The molecule has 1 rings (SSSR count). The van der Waals surface area contributed by atoms with Gasteiger partial charge in [-0.15, -0.1) is 0 Å². The molecule has 1 atom stereocenters. The van der Waals surface area contributed by atoms with Crippen molar-refractivity contribution < 1.29 is 0 Å². The molecule has 1 aromatic rings. The number of hydrogen-bond acceptors (Lipinski definition) is 1. The van der Waals surface area contributed by atoms with Crippen LogP contribution >= 0.6 is 0 Å². The van der Waals surface area contributed by atoms with Gasteiger partial charge in [0.05, 0.1) is 6.17 Å². The fraction of sp³-hybridized carbons (Fsp3) is 0.556. The zero-order valence-electron chi connectivity index (χ0n) is 7.03. The molecule has 2 nitrogen and oxygen atoms in total. The van der Waals surface area contributed by atoms with Gasteiger partial charge >= 0.3 is 0 Å². The van der Waals surface area contributed by atoms with Crippen LogP contribution in [0.15, 0.2) is 24.5 Å². The lowest BCUT2D eigenvalue weighted by Gasteiger charge is -2.12. The van der Waals surface area contributed by atoms with Gasteiger partial charge in [-0.3, -0.25) is 0 Å². The molecule has 62 valence electrons. The lowest BCUT2D eigenvalue weighted by molar-refractivity contribution is 0.466. The van der Waals surface area contributed by atoms with E-state index in [1.165, 1.54) is 12.8 Å². The molecule has 0 radical (unpaired) electrons. The van der Waals surface area contributed by atoms with Crippen molar-refractivity contribution in [1.82, 2.24) is 4.57 Å². The summed E-state index contributed by atoms with van der Waals surface area (Å²) in [5, 5.41) is 0. The third-order valence-electron chi connectivity index (χ3n) is 1.86. The van der Waals surface area contributed by atoms with E-state index in [-0.39, 0.29) is 6.17 Å². The van der Waals surface area contributed by atoms with Crippen molar-refractivity contribution in [2.75, 3.05) is 0 Å². The van der Waals surface area contributed by atoms with E-state index >= 15 is 0 Å². The molecule has 11 heavy (non-hydrogen) atoms. The summed E-state index contributed by atoms with van der Waals surface area (Å²) in [6, 6.07) is 4.01. The summed E-state index contributed by atoms with van der Waals surface area (Å²) >= 11 is 0. The predicted octanol–water partition coefficient (Wildman–Crippen LogP) is 2.14. The summed E-state index contributed by atoms with van der Waals surface area (Å²) in [7, 11) is 0. The molecule has 0 amide bonds. The lowest BCUT2D eigenvalue weighted by Crippen LogP contribution is -2.16. The van der Waals surface area contributed by atoms with Crippen LogP contribution in [0.5, 0.6) is 0 Å². The summed E-state index contributed by atoms with van der Waals surface area (Å²) < 4.78 is 2.05. The van der Waals surface area contributed by atoms with Crippen LogP contribution in [0.2, 0.25) is 0 Å². The summed E-state index contributed by atoms with van der Waals surface area (Å²) in [4.78, 5) is 0. The molecule has 2 N–H and O–H groups in total. The molecule has 0 aliphatic heterocycles. The zero-order chi connectivity index (χ0) is 8.10. The molecular weight excluding hydrogens is 136 g/mol. The Bertz CT molecular complexity index is 179. The van der Waals surface area contributed by atoms with Gasteiger partial charge in [0.15, 0.2) is 0 Å². The fourth-order valence-electron chi connectivity index (χ4n) is 1.13. The molecule has 0 aromatic carbocycles. The van der Waals surface area contributed by atoms with E-state index in [2.05, 4.69) is 11.5 Å². The highest BCUT2D eigenvalue weighted by molar-refractivity contribution is 4.92. The number of nitrogens with two attached hydrogens (primary N) is 1. The van der Waals surface area contributed by atoms with Gasteiger partial charge in [0, 0.05) is 12.4 Å². The summed E-state index contributed by atoms with van der Waals surface area (Å²) in [6.07, 6.45) is 7.70. The Kier molecular flexibility index (Phi) is 3.17. The molecule has 0 aliphatic rings.